The van der Waals surface area contributed by atoms with Gasteiger partial charge in [-0.25, -0.2) is 13.8 Å². The summed E-state index contributed by atoms with van der Waals surface area (Å²) in [4.78, 5) is 22.2. The van der Waals surface area contributed by atoms with Gasteiger partial charge in [0.2, 0.25) is 0 Å². The third-order valence-electron chi connectivity index (χ3n) is 4.49. The van der Waals surface area contributed by atoms with Crippen molar-refractivity contribution >= 4 is 0 Å². The Balaban J connectivity index is 2.02. The number of alkyl halides is 5. The number of benzene rings is 1. The summed E-state index contributed by atoms with van der Waals surface area (Å²) in [5.41, 5.74) is -1.22. The molecule has 0 fully saturated rings. The molecule has 1 N–H and O–H groups in total. The van der Waals surface area contributed by atoms with Crippen molar-refractivity contribution < 1.29 is 22.0 Å². The molecule has 0 saturated carbocycles. The molecule has 0 bridgehead atoms. The predicted octanol–water partition coefficient (Wildman–Crippen LogP) is 5.99. The molecule has 10 heteroatoms. The summed E-state index contributed by atoms with van der Waals surface area (Å²) in [5.74, 6) is 0.232. The van der Waals surface area contributed by atoms with Gasteiger partial charge in [-0.05, 0) is 18.2 Å². The van der Waals surface area contributed by atoms with E-state index in [-0.39, 0.29) is 28.2 Å². The second kappa shape index (κ2) is 9.56. The molecule has 2 heterocycles. The van der Waals surface area contributed by atoms with E-state index < -0.39 is 23.9 Å². The molecule has 0 aliphatic heterocycles. The molecule has 0 saturated heterocycles. The van der Waals surface area contributed by atoms with Crippen molar-refractivity contribution in [2.75, 3.05) is 6.54 Å². The van der Waals surface area contributed by atoms with Crippen LogP contribution in [0.3, 0.4) is 0 Å². The molecule has 32 heavy (non-hydrogen) atoms. The van der Waals surface area contributed by atoms with Crippen LogP contribution in [0, 0.1) is 5.92 Å². The maximum Gasteiger partial charge on any atom is 0.433 e. The molecule has 0 spiro atoms. The first kappa shape index (κ1) is 23.5. The molecule has 0 amide bonds. The van der Waals surface area contributed by atoms with Crippen molar-refractivity contribution in [2.24, 2.45) is 5.92 Å². The van der Waals surface area contributed by atoms with E-state index in [4.69, 9.17) is 0 Å². The Morgan fingerprint density at radius 1 is 1.09 bits per heavy atom. The van der Waals surface area contributed by atoms with E-state index in [1.807, 2.05) is 13.8 Å². The number of aromatic amines is 1. The molecule has 1 aromatic carbocycles. The molecule has 0 aliphatic carbocycles. The van der Waals surface area contributed by atoms with Crippen molar-refractivity contribution in [2.45, 2.75) is 33.0 Å². The summed E-state index contributed by atoms with van der Waals surface area (Å²) in [7, 11) is 0. The largest absolute Gasteiger partial charge is 0.658 e. The minimum atomic E-state index is -4.61. The SMILES string of the molecule is CC(C)C[N-]Cc1ccc(C(F)F)c(-c2nc(-c3ccc(C(F)(F)F)nc3)cc(=O)[nH]2)c1. The molecule has 5 nitrogen and oxygen atoms in total. The van der Waals surface area contributed by atoms with Gasteiger partial charge in [-0.1, -0.05) is 37.5 Å². The van der Waals surface area contributed by atoms with E-state index in [1.54, 1.807) is 0 Å². The Morgan fingerprint density at radius 3 is 2.44 bits per heavy atom. The van der Waals surface area contributed by atoms with Gasteiger partial charge < -0.3 is 10.3 Å². The summed E-state index contributed by atoms with van der Waals surface area (Å²) in [6.07, 6.45) is -6.50. The highest BCUT2D eigenvalue weighted by atomic mass is 19.4. The van der Waals surface area contributed by atoms with Crippen LogP contribution in [0.4, 0.5) is 22.0 Å². The second-order valence-electron chi connectivity index (χ2n) is 7.59. The third kappa shape index (κ3) is 5.76. The van der Waals surface area contributed by atoms with Gasteiger partial charge in [0.05, 0.1) is 5.69 Å². The topological polar surface area (TPSA) is 72.7 Å². The average molecular weight is 451 g/mol. The summed E-state index contributed by atoms with van der Waals surface area (Å²) in [6, 6.07) is 7.23. The van der Waals surface area contributed by atoms with Crippen molar-refractivity contribution in [3.05, 3.63) is 75.1 Å². The van der Waals surface area contributed by atoms with E-state index in [0.29, 0.717) is 24.6 Å². The quantitative estimate of drug-likeness (QED) is 0.449. The zero-order valence-corrected chi connectivity index (χ0v) is 17.3. The van der Waals surface area contributed by atoms with Crippen LogP contribution in [-0.2, 0) is 12.7 Å². The number of hydrogen-bond acceptors (Lipinski definition) is 3. The molecule has 3 rings (SSSR count). The maximum absolute atomic E-state index is 13.6. The highest BCUT2D eigenvalue weighted by Gasteiger charge is 2.32. The standard InChI is InChI=1S/C22H20F5N4O/c1-12(2)9-28-10-13-3-5-15(20(23)24)16(7-13)21-30-17(8-19(32)31-21)14-4-6-18(29-11-14)22(25,26)27/h3-8,11-12,20H,9-10H2,1-2H3,(H,30,31,32)/q-1. The van der Waals surface area contributed by atoms with Crippen LogP contribution in [0.1, 0.15) is 37.1 Å². The van der Waals surface area contributed by atoms with Gasteiger partial charge in [0.1, 0.15) is 11.5 Å². The average Bonchev–Trinajstić information content (AvgIpc) is 2.72. The Hall–Kier alpha value is -3.14. The van der Waals surface area contributed by atoms with Gasteiger partial charge in [0, 0.05) is 29.0 Å². The molecule has 0 unspecified atom stereocenters. The molecule has 0 atom stereocenters. The van der Waals surface area contributed by atoms with Gasteiger partial charge in [-0.2, -0.15) is 13.2 Å². The molecule has 0 radical (unpaired) electrons. The van der Waals surface area contributed by atoms with Crippen molar-refractivity contribution in [3.63, 3.8) is 0 Å². The normalized spacial score (nSPS) is 12.0. The summed E-state index contributed by atoms with van der Waals surface area (Å²) < 4.78 is 65.5. The Labute approximate surface area is 180 Å². The number of pyridine rings is 1. The lowest BCUT2D eigenvalue weighted by molar-refractivity contribution is -0.141. The van der Waals surface area contributed by atoms with Gasteiger partial charge in [-0.15, -0.1) is 13.1 Å². The van der Waals surface area contributed by atoms with Crippen LogP contribution in [0.5, 0.6) is 0 Å². The van der Waals surface area contributed by atoms with E-state index in [9.17, 15) is 26.7 Å². The number of halogens is 5. The number of nitrogens with zero attached hydrogens (tertiary/aromatic N) is 3. The van der Waals surface area contributed by atoms with E-state index in [1.165, 1.54) is 18.2 Å². The fourth-order valence-electron chi connectivity index (χ4n) is 3.00. The van der Waals surface area contributed by atoms with Crippen LogP contribution in [0.15, 0.2) is 47.4 Å². The van der Waals surface area contributed by atoms with Crippen molar-refractivity contribution in [1.82, 2.24) is 15.0 Å². The van der Waals surface area contributed by atoms with Crippen LogP contribution in [-0.4, -0.2) is 21.5 Å². The molecular weight excluding hydrogens is 431 g/mol. The number of hydrogen-bond donors (Lipinski definition) is 1. The lowest BCUT2D eigenvalue weighted by atomic mass is 10.0. The van der Waals surface area contributed by atoms with Gasteiger partial charge >= 0.3 is 6.18 Å². The molecule has 170 valence electrons. The van der Waals surface area contributed by atoms with Crippen molar-refractivity contribution in [3.8, 4) is 22.6 Å². The summed E-state index contributed by atoms with van der Waals surface area (Å²) in [6.45, 7) is 4.93. The van der Waals surface area contributed by atoms with Crippen LogP contribution in [0.25, 0.3) is 28.0 Å². The molecular formula is C22H20F5N4O-. The van der Waals surface area contributed by atoms with Crippen LogP contribution >= 0.6 is 0 Å². The number of aromatic nitrogens is 3. The van der Waals surface area contributed by atoms with Gasteiger partial charge in [-0.3, -0.25) is 9.78 Å². The Morgan fingerprint density at radius 2 is 1.84 bits per heavy atom. The fraction of sp³-hybridized carbons (Fsp3) is 0.318. The predicted molar refractivity (Wildman–Crippen MR) is 110 cm³/mol. The zero-order valence-electron chi connectivity index (χ0n) is 17.3. The van der Waals surface area contributed by atoms with Crippen molar-refractivity contribution in [1.29, 1.82) is 0 Å². The third-order valence-corrected chi connectivity index (χ3v) is 4.49. The lowest BCUT2D eigenvalue weighted by Gasteiger charge is -2.22. The highest BCUT2D eigenvalue weighted by Crippen LogP contribution is 2.32. The monoisotopic (exact) mass is 451 g/mol. The summed E-state index contributed by atoms with van der Waals surface area (Å²) in [5, 5.41) is 4.38. The molecule has 0 aliphatic rings. The number of H-pyrrole nitrogens is 1. The minimum absolute atomic E-state index is 0.0140. The van der Waals surface area contributed by atoms with E-state index >= 15 is 0 Å². The minimum Gasteiger partial charge on any atom is -0.658 e. The maximum atomic E-state index is 13.6. The lowest BCUT2D eigenvalue weighted by Crippen LogP contribution is -2.11. The first-order chi connectivity index (χ1) is 15.0. The Bertz CT molecular complexity index is 1120. The Kier molecular flexibility index (Phi) is 7.02. The smallest absolute Gasteiger partial charge is 0.433 e. The number of nitrogens with one attached hydrogen (secondary N) is 1. The van der Waals surface area contributed by atoms with Gasteiger partial charge in [0.15, 0.2) is 0 Å². The van der Waals surface area contributed by atoms with E-state index in [2.05, 4.69) is 20.3 Å². The van der Waals surface area contributed by atoms with Crippen LogP contribution < -0.4 is 5.56 Å². The highest BCUT2D eigenvalue weighted by molar-refractivity contribution is 5.66. The first-order valence-corrected chi connectivity index (χ1v) is 9.74. The fourth-order valence-corrected chi connectivity index (χ4v) is 3.00. The first-order valence-electron chi connectivity index (χ1n) is 9.74. The molecule has 3 aromatic rings. The van der Waals surface area contributed by atoms with Crippen LogP contribution in [0.2, 0.25) is 0 Å². The number of rotatable bonds is 7. The summed E-state index contributed by atoms with van der Waals surface area (Å²) >= 11 is 0. The zero-order chi connectivity index (χ0) is 23.5. The molecule has 2 aromatic heterocycles. The second-order valence-corrected chi connectivity index (χ2v) is 7.59. The van der Waals surface area contributed by atoms with E-state index in [0.717, 1.165) is 24.4 Å². The van der Waals surface area contributed by atoms with Gasteiger partial charge in [0.25, 0.3) is 12.0 Å².